The van der Waals surface area contributed by atoms with Crippen LogP contribution >= 0.6 is 0 Å². The first-order valence-corrected chi connectivity index (χ1v) is 2.97. The number of allylic oxidation sites excluding steroid dienone is 4. The van der Waals surface area contributed by atoms with Crippen LogP contribution in [-0.4, -0.2) is 11.1 Å². The van der Waals surface area contributed by atoms with E-state index in [4.69, 9.17) is 5.11 Å². The molecule has 0 aromatic heterocycles. The van der Waals surface area contributed by atoms with E-state index in [1.165, 1.54) is 13.0 Å². The molecule has 0 bridgehead atoms. The molecule has 11 heavy (non-hydrogen) atoms. The maximum absolute atomic E-state index is 12.3. The van der Waals surface area contributed by atoms with Crippen LogP contribution in [0.4, 0.5) is 4.39 Å². The monoisotopic (exact) mass is 156 g/mol. The summed E-state index contributed by atoms with van der Waals surface area (Å²) in [6.45, 7) is 4.55. The number of halogens is 1. The molecule has 0 aromatic rings. The summed E-state index contributed by atoms with van der Waals surface area (Å²) >= 11 is 0. The lowest BCUT2D eigenvalue weighted by Crippen LogP contribution is -1.94. The zero-order valence-corrected chi connectivity index (χ0v) is 6.17. The van der Waals surface area contributed by atoms with Gasteiger partial charge in [-0.1, -0.05) is 6.58 Å². The van der Waals surface area contributed by atoms with E-state index in [9.17, 15) is 9.18 Å². The minimum atomic E-state index is -1.06. The SMILES string of the molecule is C=C/C(F)=C\C=C(/C)C(=O)O. The molecule has 0 spiro atoms. The minimum Gasteiger partial charge on any atom is -0.478 e. The zero-order chi connectivity index (χ0) is 8.85. The van der Waals surface area contributed by atoms with Crippen LogP contribution in [0.2, 0.25) is 0 Å². The summed E-state index contributed by atoms with van der Waals surface area (Å²) < 4.78 is 12.3. The number of aliphatic carboxylic acids is 1. The Kier molecular flexibility index (Phi) is 3.88. The average Bonchev–Trinajstić information content (AvgIpc) is 1.99. The largest absolute Gasteiger partial charge is 0.478 e. The normalized spacial score (nSPS) is 12.9. The molecule has 0 radical (unpaired) electrons. The van der Waals surface area contributed by atoms with Gasteiger partial charge in [-0.25, -0.2) is 9.18 Å². The second kappa shape index (κ2) is 4.44. The van der Waals surface area contributed by atoms with E-state index in [1.54, 1.807) is 0 Å². The molecule has 3 heteroatoms. The van der Waals surface area contributed by atoms with Gasteiger partial charge in [-0.3, -0.25) is 0 Å². The van der Waals surface area contributed by atoms with Gasteiger partial charge < -0.3 is 5.11 Å². The number of hydrogen-bond acceptors (Lipinski definition) is 1. The Morgan fingerprint density at radius 2 is 2.09 bits per heavy atom. The van der Waals surface area contributed by atoms with Crippen LogP contribution in [0.15, 0.2) is 36.2 Å². The number of hydrogen-bond donors (Lipinski definition) is 1. The van der Waals surface area contributed by atoms with Crippen molar-refractivity contribution in [2.45, 2.75) is 6.92 Å². The third-order valence-corrected chi connectivity index (χ3v) is 1.02. The highest BCUT2D eigenvalue weighted by Gasteiger charge is 1.96. The zero-order valence-electron chi connectivity index (χ0n) is 6.17. The van der Waals surface area contributed by atoms with Crippen molar-refractivity contribution >= 4 is 5.97 Å². The van der Waals surface area contributed by atoms with Gasteiger partial charge in [-0.2, -0.15) is 0 Å². The summed E-state index contributed by atoms with van der Waals surface area (Å²) in [7, 11) is 0. The highest BCUT2D eigenvalue weighted by Crippen LogP contribution is 1.99. The molecule has 60 valence electrons. The second-order valence-electron chi connectivity index (χ2n) is 1.91. The van der Waals surface area contributed by atoms with Crippen LogP contribution in [0.3, 0.4) is 0 Å². The molecule has 0 aromatic carbocycles. The Bertz CT molecular complexity index is 226. The predicted octanol–water partition coefficient (Wildman–Crippen LogP) is 2.06. The van der Waals surface area contributed by atoms with E-state index >= 15 is 0 Å². The Morgan fingerprint density at radius 3 is 2.45 bits per heavy atom. The van der Waals surface area contributed by atoms with Gasteiger partial charge >= 0.3 is 5.97 Å². The molecule has 0 aliphatic heterocycles. The molecule has 2 nitrogen and oxygen atoms in total. The summed E-state index contributed by atoms with van der Waals surface area (Å²) in [5.41, 5.74) is 0.0852. The quantitative estimate of drug-likeness (QED) is 0.501. The average molecular weight is 156 g/mol. The summed E-state index contributed by atoms with van der Waals surface area (Å²) in [5, 5.41) is 8.32. The van der Waals surface area contributed by atoms with Gasteiger partial charge in [-0.05, 0) is 25.2 Å². The Morgan fingerprint density at radius 1 is 1.55 bits per heavy atom. The van der Waals surface area contributed by atoms with Crippen molar-refractivity contribution in [3.05, 3.63) is 36.2 Å². The third kappa shape index (κ3) is 4.08. The Balaban J connectivity index is 4.34. The first-order valence-electron chi connectivity index (χ1n) is 2.97. The second-order valence-corrected chi connectivity index (χ2v) is 1.91. The van der Waals surface area contributed by atoms with Crippen molar-refractivity contribution in [2.24, 2.45) is 0 Å². The maximum atomic E-state index is 12.3. The number of carboxylic acid groups (broad SMARTS) is 1. The van der Waals surface area contributed by atoms with Gasteiger partial charge in [0.05, 0.1) is 0 Å². The third-order valence-electron chi connectivity index (χ3n) is 1.02. The molecular weight excluding hydrogens is 147 g/mol. The van der Waals surface area contributed by atoms with E-state index in [2.05, 4.69) is 6.58 Å². The topological polar surface area (TPSA) is 37.3 Å². The molecule has 0 aliphatic carbocycles. The molecular formula is C8H9FO2. The first kappa shape index (κ1) is 9.62. The number of rotatable bonds is 3. The van der Waals surface area contributed by atoms with Crippen molar-refractivity contribution in [1.82, 2.24) is 0 Å². The van der Waals surface area contributed by atoms with Crippen LogP contribution in [0, 0.1) is 0 Å². The summed E-state index contributed by atoms with van der Waals surface area (Å²) in [6, 6.07) is 0. The van der Waals surface area contributed by atoms with E-state index in [0.717, 1.165) is 12.2 Å². The predicted molar refractivity (Wildman–Crippen MR) is 40.8 cm³/mol. The van der Waals surface area contributed by atoms with Gasteiger partial charge in [0.25, 0.3) is 0 Å². The molecule has 0 fully saturated rings. The van der Waals surface area contributed by atoms with Gasteiger partial charge in [0.2, 0.25) is 0 Å². The molecule has 0 heterocycles. The highest BCUT2D eigenvalue weighted by atomic mass is 19.1. The van der Waals surface area contributed by atoms with Crippen LogP contribution in [0.25, 0.3) is 0 Å². The fourth-order valence-electron chi connectivity index (χ4n) is 0.344. The van der Waals surface area contributed by atoms with Crippen molar-refractivity contribution in [1.29, 1.82) is 0 Å². The molecule has 0 saturated carbocycles. The maximum Gasteiger partial charge on any atom is 0.331 e. The van der Waals surface area contributed by atoms with Gasteiger partial charge in [0.1, 0.15) is 5.83 Å². The lowest BCUT2D eigenvalue weighted by Gasteiger charge is -1.87. The fraction of sp³-hybridized carbons (Fsp3) is 0.125. The summed E-state index contributed by atoms with van der Waals surface area (Å²) in [4.78, 5) is 10.2. The molecule has 0 rings (SSSR count). The Hall–Kier alpha value is -1.38. The van der Waals surface area contributed by atoms with Crippen molar-refractivity contribution < 1.29 is 14.3 Å². The van der Waals surface area contributed by atoms with E-state index in [1.807, 2.05) is 0 Å². The van der Waals surface area contributed by atoms with Gasteiger partial charge in [0, 0.05) is 5.57 Å². The molecule has 0 atom stereocenters. The lowest BCUT2D eigenvalue weighted by atomic mass is 10.3. The standard InChI is InChI=1S/C8H9FO2/c1-3-7(9)5-4-6(2)8(10)11/h3-5H,1H2,2H3,(H,10,11)/b6-4+,7-5+. The van der Waals surface area contributed by atoms with Gasteiger partial charge in [-0.15, -0.1) is 0 Å². The molecule has 1 N–H and O–H groups in total. The first-order chi connectivity index (χ1) is 5.07. The van der Waals surface area contributed by atoms with E-state index < -0.39 is 11.8 Å². The fourth-order valence-corrected chi connectivity index (χ4v) is 0.344. The molecule has 0 amide bonds. The molecule has 0 saturated heterocycles. The molecule has 0 unspecified atom stereocenters. The van der Waals surface area contributed by atoms with Crippen molar-refractivity contribution in [3.8, 4) is 0 Å². The summed E-state index contributed by atoms with van der Waals surface area (Å²) in [6.07, 6.45) is 3.24. The van der Waals surface area contributed by atoms with Crippen LogP contribution < -0.4 is 0 Å². The minimum absolute atomic E-state index is 0.0852. The van der Waals surface area contributed by atoms with Crippen molar-refractivity contribution in [3.63, 3.8) is 0 Å². The van der Waals surface area contributed by atoms with Crippen molar-refractivity contribution in [2.75, 3.05) is 0 Å². The van der Waals surface area contributed by atoms with E-state index in [-0.39, 0.29) is 5.57 Å². The number of carbonyl (C=O) groups is 1. The van der Waals surface area contributed by atoms with Crippen LogP contribution in [0.5, 0.6) is 0 Å². The number of carboxylic acids is 1. The summed E-state index contributed by atoms with van der Waals surface area (Å²) in [5.74, 6) is -1.61. The highest BCUT2D eigenvalue weighted by molar-refractivity contribution is 5.86. The van der Waals surface area contributed by atoms with Crippen LogP contribution in [-0.2, 0) is 4.79 Å². The Labute approximate surface area is 64.3 Å². The smallest absolute Gasteiger partial charge is 0.331 e. The molecule has 0 aliphatic rings. The van der Waals surface area contributed by atoms with Gasteiger partial charge in [0.15, 0.2) is 0 Å². The lowest BCUT2D eigenvalue weighted by molar-refractivity contribution is -0.132. The van der Waals surface area contributed by atoms with Crippen LogP contribution in [0.1, 0.15) is 6.92 Å². The van der Waals surface area contributed by atoms with E-state index in [0.29, 0.717) is 0 Å².